The van der Waals surface area contributed by atoms with Crippen molar-refractivity contribution in [2.45, 2.75) is 19.5 Å². The molecule has 0 fully saturated rings. The van der Waals surface area contributed by atoms with Gasteiger partial charge in [0.1, 0.15) is 11.5 Å². The third kappa shape index (κ3) is 5.50. The van der Waals surface area contributed by atoms with Crippen LogP contribution in [-0.4, -0.2) is 39.1 Å². The highest BCUT2D eigenvalue weighted by Crippen LogP contribution is 2.24. The van der Waals surface area contributed by atoms with Crippen LogP contribution in [0.5, 0.6) is 11.5 Å². The Kier molecular flexibility index (Phi) is 6.83. The first-order valence-corrected chi connectivity index (χ1v) is 8.22. The molecular formula is C20H26N2O3. The molecule has 0 radical (unpaired) electrons. The first-order valence-electron chi connectivity index (χ1n) is 8.22. The van der Waals surface area contributed by atoms with Gasteiger partial charge in [0.2, 0.25) is 5.91 Å². The monoisotopic (exact) mass is 342 g/mol. The number of benzene rings is 2. The highest BCUT2D eigenvalue weighted by Gasteiger charge is 2.11. The number of methoxy groups -OCH3 is 2. The van der Waals surface area contributed by atoms with Crippen LogP contribution in [-0.2, 0) is 24.3 Å². The van der Waals surface area contributed by atoms with Crippen LogP contribution in [0.3, 0.4) is 0 Å². The summed E-state index contributed by atoms with van der Waals surface area (Å²) in [6.45, 7) is 1.36. The Morgan fingerprint density at radius 2 is 1.72 bits per heavy atom. The van der Waals surface area contributed by atoms with Gasteiger partial charge in [-0.05, 0) is 31.3 Å². The van der Waals surface area contributed by atoms with E-state index in [-0.39, 0.29) is 12.3 Å². The normalized spacial score (nSPS) is 10.6. The molecule has 2 rings (SSSR count). The van der Waals surface area contributed by atoms with Crippen molar-refractivity contribution in [2.75, 3.05) is 28.3 Å². The van der Waals surface area contributed by atoms with Crippen molar-refractivity contribution in [1.82, 2.24) is 10.2 Å². The summed E-state index contributed by atoms with van der Waals surface area (Å²) in [5, 5.41) is 3.00. The van der Waals surface area contributed by atoms with Gasteiger partial charge in [-0.25, -0.2) is 0 Å². The van der Waals surface area contributed by atoms with Crippen molar-refractivity contribution in [3.8, 4) is 11.5 Å². The van der Waals surface area contributed by atoms with Crippen molar-refractivity contribution >= 4 is 5.91 Å². The molecule has 134 valence electrons. The minimum atomic E-state index is -0.0388. The number of nitrogens with one attached hydrogen (secondary N) is 1. The fourth-order valence-corrected chi connectivity index (χ4v) is 2.65. The zero-order chi connectivity index (χ0) is 18.2. The van der Waals surface area contributed by atoms with E-state index in [0.717, 1.165) is 17.7 Å². The summed E-state index contributed by atoms with van der Waals surface area (Å²) in [6, 6.07) is 13.6. The van der Waals surface area contributed by atoms with Gasteiger partial charge in [-0.3, -0.25) is 4.79 Å². The van der Waals surface area contributed by atoms with Crippen LogP contribution >= 0.6 is 0 Å². The summed E-state index contributed by atoms with van der Waals surface area (Å²) in [7, 11) is 7.26. The Balaban J connectivity index is 2.00. The molecule has 1 N–H and O–H groups in total. The van der Waals surface area contributed by atoms with Crippen molar-refractivity contribution in [1.29, 1.82) is 0 Å². The maximum absolute atomic E-state index is 12.3. The largest absolute Gasteiger partial charge is 0.497 e. The van der Waals surface area contributed by atoms with E-state index in [1.165, 1.54) is 5.56 Å². The molecule has 0 heterocycles. The van der Waals surface area contributed by atoms with Crippen molar-refractivity contribution in [2.24, 2.45) is 0 Å². The van der Waals surface area contributed by atoms with Crippen LogP contribution in [0.2, 0.25) is 0 Å². The van der Waals surface area contributed by atoms with E-state index < -0.39 is 0 Å². The molecule has 0 aliphatic rings. The second kappa shape index (κ2) is 9.08. The van der Waals surface area contributed by atoms with Crippen molar-refractivity contribution < 1.29 is 14.3 Å². The lowest BCUT2D eigenvalue weighted by molar-refractivity contribution is -0.120. The quantitative estimate of drug-likeness (QED) is 0.801. The van der Waals surface area contributed by atoms with E-state index in [4.69, 9.17) is 9.47 Å². The van der Waals surface area contributed by atoms with Gasteiger partial charge in [0.05, 0.1) is 20.6 Å². The van der Waals surface area contributed by atoms with Gasteiger partial charge in [0.25, 0.3) is 0 Å². The number of hydrogen-bond acceptors (Lipinski definition) is 4. The lowest BCUT2D eigenvalue weighted by atomic mass is 10.1. The Morgan fingerprint density at radius 1 is 1.00 bits per heavy atom. The first-order chi connectivity index (χ1) is 12.0. The van der Waals surface area contributed by atoms with Crippen LogP contribution < -0.4 is 14.8 Å². The molecule has 0 aliphatic carbocycles. The summed E-state index contributed by atoms with van der Waals surface area (Å²) in [5.74, 6) is 1.32. The summed E-state index contributed by atoms with van der Waals surface area (Å²) >= 11 is 0. The number of rotatable bonds is 8. The van der Waals surface area contributed by atoms with Crippen LogP contribution in [0.4, 0.5) is 0 Å². The maximum Gasteiger partial charge on any atom is 0.224 e. The smallest absolute Gasteiger partial charge is 0.224 e. The number of carbonyl (C=O) groups excluding carboxylic acids is 1. The van der Waals surface area contributed by atoms with Crippen molar-refractivity contribution in [3.05, 3.63) is 59.2 Å². The predicted octanol–water partition coefficient (Wildman–Crippen LogP) is 2.62. The van der Waals surface area contributed by atoms with Crippen LogP contribution in [0.1, 0.15) is 16.7 Å². The van der Waals surface area contributed by atoms with Gasteiger partial charge >= 0.3 is 0 Å². The SMILES string of the molecule is COc1ccc(CC(=O)NCc2ccccc2CN(C)C)c(OC)c1. The second-order valence-corrected chi connectivity index (χ2v) is 6.14. The Labute approximate surface area is 149 Å². The van der Waals surface area contributed by atoms with Gasteiger partial charge in [0.15, 0.2) is 0 Å². The average molecular weight is 342 g/mol. The van der Waals surface area contributed by atoms with E-state index >= 15 is 0 Å². The predicted molar refractivity (Wildman–Crippen MR) is 98.9 cm³/mol. The first kappa shape index (κ1) is 18.8. The standard InChI is InChI=1S/C20H26N2O3/c1-22(2)14-17-8-6-5-7-16(17)13-21-20(23)11-15-9-10-18(24-3)12-19(15)25-4/h5-10,12H,11,13-14H2,1-4H3,(H,21,23). The molecule has 25 heavy (non-hydrogen) atoms. The fraction of sp³-hybridized carbons (Fsp3) is 0.350. The highest BCUT2D eigenvalue weighted by molar-refractivity contribution is 5.79. The molecule has 2 aromatic rings. The Morgan fingerprint density at radius 3 is 2.36 bits per heavy atom. The van der Waals surface area contributed by atoms with Gasteiger partial charge in [-0.1, -0.05) is 30.3 Å². The fourth-order valence-electron chi connectivity index (χ4n) is 2.65. The Hall–Kier alpha value is -2.53. The Bertz CT molecular complexity index is 714. The highest BCUT2D eigenvalue weighted by atomic mass is 16.5. The molecule has 0 aliphatic heterocycles. The molecule has 0 unspecified atom stereocenters. The number of ether oxygens (including phenoxy) is 2. The average Bonchev–Trinajstić information content (AvgIpc) is 2.61. The summed E-state index contributed by atoms with van der Waals surface area (Å²) < 4.78 is 10.5. The zero-order valence-corrected chi connectivity index (χ0v) is 15.3. The zero-order valence-electron chi connectivity index (χ0n) is 15.3. The minimum absolute atomic E-state index is 0.0388. The summed E-state index contributed by atoms with van der Waals surface area (Å²) in [6.07, 6.45) is 0.267. The molecule has 0 atom stereocenters. The minimum Gasteiger partial charge on any atom is -0.497 e. The van der Waals surface area contributed by atoms with Gasteiger partial charge in [0, 0.05) is 24.7 Å². The molecule has 0 spiro atoms. The number of amides is 1. The maximum atomic E-state index is 12.3. The number of hydrogen-bond donors (Lipinski definition) is 1. The third-order valence-corrected chi connectivity index (χ3v) is 3.93. The van der Waals surface area contributed by atoms with E-state index in [0.29, 0.717) is 18.0 Å². The van der Waals surface area contributed by atoms with Gasteiger partial charge < -0.3 is 19.7 Å². The number of nitrogens with zero attached hydrogens (tertiary/aromatic N) is 1. The van der Waals surface area contributed by atoms with Crippen LogP contribution in [0.15, 0.2) is 42.5 Å². The van der Waals surface area contributed by atoms with E-state index in [1.54, 1.807) is 20.3 Å². The topological polar surface area (TPSA) is 50.8 Å². The molecule has 0 saturated heterocycles. The molecule has 0 aromatic heterocycles. The third-order valence-electron chi connectivity index (χ3n) is 3.93. The lowest BCUT2D eigenvalue weighted by Gasteiger charge is -2.15. The van der Waals surface area contributed by atoms with Crippen molar-refractivity contribution in [3.63, 3.8) is 0 Å². The molecule has 0 bridgehead atoms. The van der Waals surface area contributed by atoms with Gasteiger partial charge in [-0.2, -0.15) is 0 Å². The summed E-state index contributed by atoms with van der Waals surface area (Å²) in [5.41, 5.74) is 3.18. The molecule has 0 saturated carbocycles. The van der Waals surface area contributed by atoms with E-state index in [2.05, 4.69) is 16.3 Å². The molecular weight excluding hydrogens is 316 g/mol. The molecule has 5 heteroatoms. The van der Waals surface area contributed by atoms with E-state index in [1.807, 2.05) is 44.4 Å². The number of carbonyl (C=O) groups is 1. The summed E-state index contributed by atoms with van der Waals surface area (Å²) in [4.78, 5) is 14.4. The molecule has 1 amide bonds. The second-order valence-electron chi connectivity index (χ2n) is 6.14. The van der Waals surface area contributed by atoms with Crippen LogP contribution in [0.25, 0.3) is 0 Å². The molecule has 2 aromatic carbocycles. The molecule has 5 nitrogen and oxygen atoms in total. The lowest BCUT2D eigenvalue weighted by Crippen LogP contribution is -2.25. The van der Waals surface area contributed by atoms with Crippen LogP contribution in [0, 0.1) is 0 Å². The van der Waals surface area contributed by atoms with Gasteiger partial charge in [-0.15, -0.1) is 0 Å². The van der Waals surface area contributed by atoms with E-state index in [9.17, 15) is 4.79 Å².